The number of aryl methyl sites for hydroxylation is 1. The lowest BCUT2D eigenvalue weighted by atomic mass is 9.97. The van der Waals surface area contributed by atoms with Crippen molar-refractivity contribution in [1.29, 1.82) is 0 Å². The van der Waals surface area contributed by atoms with Gasteiger partial charge in [-0.3, -0.25) is 0 Å². The van der Waals surface area contributed by atoms with Crippen LogP contribution in [0, 0.1) is 12.7 Å². The summed E-state index contributed by atoms with van der Waals surface area (Å²) in [4.78, 5) is 0. The van der Waals surface area contributed by atoms with Gasteiger partial charge in [-0.1, -0.05) is 48.4 Å². The molecule has 0 aliphatic rings. The summed E-state index contributed by atoms with van der Waals surface area (Å²) in [5, 5.41) is 3.97. The summed E-state index contributed by atoms with van der Waals surface area (Å²) in [5.41, 5.74) is 3.03. The summed E-state index contributed by atoms with van der Waals surface area (Å²) >= 11 is 5.96. The molecular weight excluding hydrogens is 273 g/mol. The van der Waals surface area contributed by atoms with Gasteiger partial charge in [0.1, 0.15) is 5.82 Å². The summed E-state index contributed by atoms with van der Waals surface area (Å²) in [6.07, 6.45) is 0.587. The van der Waals surface area contributed by atoms with Crippen molar-refractivity contribution in [3.63, 3.8) is 0 Å². The van der Waals surface area contributed by atoms with E-state index in [0.717, 1.165) is 12.1 Å². The van der Waals surface area contributed by atoms with Gasteiger partial charge < -0.3 is 5.32 Å². The maximum Gasteiger partial charge on any atom is 0.126 e. The molecule has 1 N–H and O–H groups in total. The lowest BCUT2D eigenvalue weighted by molar-refractivity contribution is 0.528. The zero-order chi connectivity index (χ0) is 14.5. The van der Waals surface area contributed by atoms with Gasteiger partial charge in [-0.15, -0.1) is 0 Å². The van der Waals surface area contributed by atoms with Crippen LogP contribution in [0.2, 0.25) is 5.02 Å². The number of benzene rings is 2. The first-order chi connectivity index (χ1) is 9.60. The van der Waals surface area contributed by atoms with Gasteiger partial charge in [0.15, 0.2) is 0 Å². The summed E-state index contributed by atoms with van der Waals surface area (Å²) < 4.78 is 13.9. The zero-order valence-electron chi connectivity index (χ0n) is 11.8. The van der Waals surface area contributed by atoms with E-state index in [-0.39, 0.29) is 11.9 Å². The second kappa shape index (κ2) is 6.87. The van der Waals surface area contributed by atoms with Crippen LogP contribution in [-0.4, -0.2) is 6.54 Å². The monoisotopic (exact) mass is 291 g/mol. The van der Waals surface area contributed by atoms with E-state index < -0.39 is 0 Å². The highest BCUT2D eigenvalue weighted by molar-refractivity contribution is 6.30. The maximum absolute atomic E-state index is 13.9. The highest BCUT2D eigenvalue weighted by Crippen LogP contribution is 2.23. The minimum atomic E-state index is -0.204. The molecule has 0 aliphatic heterocycles. The molecule has 0 spiro atoms. The standard InChI is InChI=1S/C17H19ClFN/c1-3-20-17(13-6-4-12(2)5-7-13)11-14-10-15(18)8-9-16(14)19/h4-10,17,20H,3,11H2,1-2H3. The molecule has 1 atom stereocenters. The van der Waals surface area contributed by atoms with Crippen molar-refractivity contribution in [3.05, 3.63) is 70.0 Å². The van der Waals surface area contributed by atoms with Crippen LogP contribution in [0.4, 0.5) is 4.39 Å². The van der Waals surface area contributed by atoms with Crippen LogP contribution in [0.15, 0.2) is 42.5 Å². The first kappa shape index (κ1) is 15.0. The van der Waals surface area contributed by atoms with Crippen LogP contribution < -0.4 is 5.32 Å². The van der Waals surface area contributed by atoms with E-state index in [1.54, 1.807) is 12.1 Å². The van der Waals surface area contributed by atoms with Gasteiger partial charge in [0.2, 0.25) is 0 Å². The molecule has 0 saturated carbocycles. The molecule has 1 unspecified atom stereocenters. The van der Waals surface area contributed by atoms with E-state index in [1.807, 2.05) is 0 Å². The van der Waals surface area contributed by atoms with Crippen LogP contribution in [0.5, 0.6) is 0 Å². The molecule has 0 saturated heterocycles. The molecule has 0 heterocycles. The van der Waals surface area contributed by atoms with Crippen molar-refractivity contribution in [3.8, 4) is 0 Å². The highest BCUT2D eigenvalue weighted by atomic mass is 35.5. The quantitative estimate of drug-likeness (QED) is 0.843. The Kier molecular flexibility index (Phi) is 5.16. The van der Waals surface area contributed by atoms with Crippen LogP contribution >= 0.6 is 11.6 Å². The Hall–Kier alpha value is -1.38. The predicted molar refractivity (Wildman–Crippen MR) is 82.7 cm³/mol. The first-order valence-electron chi connectivity index (χ1n) is 6.84. The number of hydrogen-bond donors (Lipinski definition) is 1. The zero-order valence-corrected chi connectivity index (χ0v) is 12.5. The number of likely N-dealkylation sites (N-methyl/N-ethyl adjacent to an activating group) is 1. The molecule has 3 heteroatoms. The van der Waals surface area contributed by atoms with Crippen LogP contribution in [0.25, 0.3) is 0 Å². The molecule has 0 fully saturated rings. The van der Waals surface area contributed by atoms with E-state index in [2.05, 4.69) is 43.4 Å². The van der Waals surface area contributed by atoms with Crippen molar-refractivity contribution >= 4 is 11.6 Å². The average Bonchev–Trinajstić information content (AvgIpc) is 2.43. The molecule has 1 nitrogen and oxygen atoms in total. The number of halogens is 2. The third kappa shape index (κ3) is 3.81. The minimum Gasteiger partial charge on any atom is -0.310 e. The molecule has 0 bridgehead atoms. The van der Waals surface area contributed by atoms with Crippen molar-refractivity contribution in [1.82, 2.24) is 5.32 Å². The Morgan fingerprint density at radius 2 is 1.85 bits per heavy atom. The van der Waals surface area contributed by atoms with E-state index in [0.29, 0.717) is 17.0 Å². The molecule has 0 amide bonds. The number of rotatable bonds is 5. The summed E-state index contributed by atoms with van der Waals surface area (Å²) in [5.74, 6) is -0.204. The van der Waals surface area contributed by atoms with Crippen molar-refractivity contribution < 1.29 is 4.39 Å². The van der Waals surface area contributed by atoms with E-state index in [4.69, 9.17) is 11.6 Å². The van der Waals surface area contributed by atoms with Crippen molar-refractivity contribution in [2.45, 2.75) is 26.3 Å². The minimum absolute atomic E-state index is 0.0913. The van der Waals surface area contributed by atoms with Gasteiger partial charge in [-0.05, 0) is 49.2 Å². The molecule has 0 aliphatic carbocycles. The largest absolute Gasteiger partial charge is 0.310 e. The molecule has 0 aromatic heterocycles. The smallest absolute Gasteiger partial charge is 0.126 e. The first-order valence-corrected chi connectivity index (χ1v) is 7.22. The molecule has 2 rings (SSSR count). The van der Waals surface area contributed by atoms with Gasteiger partial charge >= 0.3 is 0 Å². The lowest BCUT2D eigenvalue weighted by Gasteiger charge is -2.19. The van der Waals surface area contributed by atoms with E-state index in [9.17, 15) is 4.39 Å². The third-order valence-corrected chi connectivity index (χ3v) is 3.60. The van der Waals surface area contributed by atoms with Gasteiger partial charge in [0, 0.05) is 11.1 Å². The fourth-order valence-electron chi connectivity index (χ4n) is 2.27. The molecule has 0 radical (unpaired) electrons. The van der Waals surface area contributed by atoms with Gasteiger partial charge in [0.05, 0.1) is 0 Å². The van der Waals surface area contributed by atoms with Crippen molar-refractivity contribution in [2.24, 2.45) is 0 Å². The molecule has 2 aromatic rings. The molecular formula is C17H19ClFN. The predicted octanol–water partition coefficient (Wildman–Crippen LogP) is 4.68. The molecule has 2 aromatic carbocycles. The summed E-state index contributed by atoms with van der Waals surface area (Å²) in [6.45, 7) is 4.94. The maximum atomic E-state index is 13.9. The van der Waals surface area contributed by atoms with Gasteiger partial charge in [-0.2, -0.15) is 0 Å². The third-order valence-electron chi connectivity index (χ3n) is 3.36. The lowest BCUT2D eigenvalue weighted by Crippen LogP contribution is -2.23. The number of nitrogens with one attached hydrogen (secondary N) is 1. The Morgan fingerprint density at radius 1 is 1.15 bits per heavy atom. The second-order valence-electron chi connectivity index (χ2n) is 4.96. The van der Waals surface area contributed by atoms with Crippen LogP contribution in [0.1, 0.15) is 29.7 Å². The fourth-order valence-corrected chi connectivity index (χ4v) is 2.47. The summed E-state index contributed by atoms with van der Waals surface area (Å²) in [6, 6.07) is 13.1. The summed E-state index contributed by atoms with van der Waals surface area (Å²) in [7, 11) is 0. The van der Waals surface area contributed by atoms with Crippen LogP contribution in [0.3, 0.4) is 0 Å². The molecule has 20 heavy (non-hydrogen) atoms. The topological polar surface area (TPSA) is 12.0 Å². The Morgan fingerprint density at radius 3 is 2.50 bits per heavy atom. The van der Waals surface area contributed by atoms with Gasteiger partial charge in [-0.25, -0.2) is 4.39 Å². The Balaban J connectivity index is 2.25. The Labute approximate surface area is 124 Å². The highest BCUT2D eigenvalue weighted by Gasteiger charge is 2.14. The fraction of sp³-hybridized carbons (Fsp3) is 0.294. The average molecular weight is 292 g/mol. The van der Waals surface area contributed by atoms with Crippen LogP contribution in [-0.2, 0) is 6.42 Å². The second-order valence-corrected chi connectivity index (χ2v) is 5.40. The number of hydrogen-bond acceptors (Lipinski definition) is 1. The normalized spacial score (nSPS) is 12.4. The SMILES string of the molecule is CCNC(Cc1cc(Cl)ccc1F)c1ccc(C)cc1. The Bertz CT molecular complexity index is 566. The van der Waals surface area contributed by atoms with E-state index in [1.165, 1.54) is 11.6 Å². The van der Waals surface area contributed by atoms with E-state index >= 15 is 0 Å². The molecule has 106 valence electrons. The van der Waals surface area contributed by atoms with Gasteiger partial charge in [0.25, 0.3) is 0 Å². The van der Waals surface area contributed by atoms with Crippen molar-refractivity contribution in [2.75, 3.05) is 6.54 Å².